The summed E-state index contributed by atoms with van der Waals surface area (Å²) >= 11 is 0. The summed E-state index contributed by atoms with van der Waals surface area (Å²) in [6.45, 7) is 1.96. The van der Waals surface area contributed by atoms with E-state index in [1.165, 1.54) is 10.9 Å². The van der Waals surface area contributed by atoms with Crippen molar-refractivity contribution in [3.05, 3.63) is 71.4 Å². The largest absolute Gasteiger partial charge is 0.494 e. The fourth-order valence-electron chi connectivity index (χ4n) is 3.46. The van der Waals surface area contributed by atoms with Gasteiger partial charge in [-0.15, -0.1) is 0 Å². The Hall–Kier alpha value is -4.38. The number of ether oxygens (including phenoxy) is 1. The van der Waals surface area contributed by atoms with E-state index in [9.17, 15) is 10.1 Å². The number of aromatic nitrogens is 3. The van der Waals surface area contributed by atoms with Crippen molar-refractivity contribution in [3.63, 3.8) is 0 Å². The van der Waals surface area contributed by atoms with Crippen LogP contribution < -0.4 is 15.0 Å². The van der Waals surface area contributed by atoms with E-state index >= 15 is 0 Å². The molecule has 8 heteroatoms. The summed E-state index contributed by atoms with van der Waals surface area (Å²) in [5.41, 5.74) is 3.33. The van der Waals surface area contributed by atoms with Gasteiger partial charge in [0.1, 0.15) is 22.9 Å². The molecule has 1 N–H and O–H groups in total. The van der Waals surface area contributed by atoms with Crippen LogP contribution >= 0.6 is 0 Å². The van der Waals surface area contributed by atoms with Crippen molar-refractivity contribution in [1.82, 2.24) is 14.8 Å². The van der Waals surface area contributed by atoms with Gasteiger partial charge in [0.05, 0.1) is 13.3 Å². The number of aryl methyl sites for hydroxylation is 1. The average Bonchev–Trinajstić information content (AvgIpc) is 3.21. The molecule has 8 nitrogen and oxygen atoms in total. The van der Waals surface area contributed by atoms with Gasteiger partial charge in [0.2, 0.25) is 0 Å². The number of carbonyl (C=O) groups is 1. The van der Waals surface area contributed by atoms with Gasteiger partial charge in [-0.2, -0.15) is 15.0 Å². The first-order valence-corrected chi connectivity index (χ1v) is 9.94. The quantitative estimate of drug-likeness (QED) is 0.519. The van der Waals surface area contributed by atoms with E-state index in [4.69, 9.17) is 9.72 Å². The SMILES string of the molecule is COc1cccc2c(C)cc(-n3ncc(C#N)c3NC(=O)c3ccc(N(C)C)cc3)nc12. The molecule has 160 valence electrons. The molecular formula is C24H22N6O2. The molecule has 0 radical (unpaired) electrons. The van der Waals surface area contributed by atoms with E-state index in [-0.39, 0.29) is 17.3 Å². The lowest BCUT2D eigenvalue weighted by Crippen LogP contribution is -2.17. The maximum Gasteiger partial charge on any atom is 0.256 e. The number of anilines is 2. The number of para-hydroxylation sites is 1. The first kappa shape index (κ1) is 20.9. The second kappa shape index (κ2) is 8.40. The zero-order valence-corrected chi connectivity index (χ0v) is 18.2. The topological polar surface area (TPSA) is 96.1 Å². The monoisotopic (exact) mass is 426 g/mol. The predicted octanol–water partition coefficient (Wildman–Crippen LogP) is 3.93. The summed E-state index contributed by atoms with van der Waals surface area (Å²) in [6, 6.07) is 16.8. The van der Waals surface area contributed by atoms with Crippen molar-refractivity contribution >= 4 is 28.3 Å². The van der Waals surface area contributed by atoms with Crippen LogP contribution in [-0.2, 0) is 0 Å². The van der Waals surface area contributed by atoms with Gasteiger partial charge in [0.15, 0.2) is 11.6 Å². The van der Waals surface area contributed by atoms with E-state index in [1.54, 1.807) is 19.2 Å². The number of amides is 1. The van der Waals surface area contributed by atoms with Crippen LogP contribution in [0.25, 0.3) is 16.7 Å². The molecule has 0 aliphatic rings. The van der Waals surface area contributed by atoms with Gasteiger partial charge in [-0.05, 0) is 48.9 Å². The Balaban J connectivity index is 1.76. The molecule has 0 atom stereocenters. The van der Waals surface area contributed by atoms with Gasteiger partial charge < -0.3 is 15.0 Å². The summed E-state index contributed by atoms with van der Waals surface area (Å²) in [5.74, 6) is 1.02. The van der Waals surface area contributed by atoms with E-state index in [0.717, 1.165) is 16.6 Å². The number of methoxy groups -OCH3 is 1. The third kappa shape index (κ3) is 3.72. The zero-order chi connectivity index (χ0) is 22.8. The van der Waals surface area contributed by atoms with E-state index < -0.39 is 0 Å². The lowest BCUT2D eigenvalue weighted by Gasteiger charge is -2.14. The number of rotatable bonds is 5. The number of carbonyl (C=O) groups excluding carboxylic acids is 1. The Morgan fingerprint density at radius 2 is 1.94 bits per heavy atom. The predicted molar refractivity (Wildman–Crippen MR) is 124 cm³/mol. The molecule has 0 aliphatic heterocycles. The van der Waals surface area contributed by atoms with Gasteiger partial charge >= 0.3 is 0 Å². The molecule has 0 aliphatic carbocycles. The Kier molecular flexibility index (Phi) is 5.48. The van der Waals surface area contributed by atoms with Crippen molar-refractivity contribution in [2.75, 3.05) is 31.4 Å². The summed E-state index contributed by atoms with van der Waals surface area (Å²) in [4.78, 5) is 19.6. The molecule has 32 heavy (non-hydrogen) atoms. The number of nitrogens with zero attached hydrogens (tertiary/aromatic N) is 5. The summed E-state index contributed by atoms with van der Waals surface area (Å²) < 4.78 is 6.92. The molecule has 0 fully saturated rings. The first-order chi connectivity index (χ1) is 15.4. The van der Waals surface area contributed by atoms with Crippen LogP contribution in [0.3, 0.4) is 0 Å². The van der Waals surface area contributed by atoms with Crippen LogP contribution in [0.4, 0.5) is 11.5 Å². The van der Waals surface area contributed by atoms with Gasteiger partial charge in [-0.25, -0.2) is 4.98 Å². The minimum absolute atomic E-state index is 0.239. The number of fused-ring (bicyclic) bond motifs is 1. The molecule has 0 spiro atoms. The fourth-order valence-corrected chi connectivity index (χ4v) is 3.46. The molecule has 0 saturated heterocycles. The number of benzene rings is 2. The molecular weight excluding hydrogens is 404 g/mol. The summed E-state index contributed by atoms with van der Waals surface area (Å²) in [7, 11) is 5.45. The first-order valence-electron chi connectivity index (χ1n) is 9.94. The highest BCUT2D eigenvalue weighted by atomic mass is 16.5. The Morgan fingerprint density at radius 3 is 2.59 bits per heavy atom. The molecule has 0 saturated carbocycles. The minimum Gasteiger partial charge on any atom is -0.494 e. The standard InChI is InChI=1S/C24H22N6O2/c1-15-12-21(27-22-19(15)6-5-7-20(22)32-4)30-23(17(13-25)14-26-30)28-24(31)16-8-10-18(11-9-16)29(2)3/h5-12,14H,1-4H3,(H,28,31). The van der Waals surface area contributed by atoms with Crippen molar-refractivity contribution in [1.29, 1.82) is 5.26 Å². The second-order valence-electron chi connectivity index (χ2n) is 7.48. The van der Waals surface area contributed by atoms with Crippen molar-refractivity contribution in [2.24, 2.45) is 0 Å². The highest BCUT2D eigenvalue weighted by Gasteiger charge is 2.18. The number of nitrogens with one attached hydrogen (secondary N) is 1. The van der Waals surface area contributed by atoms with E-state index in [1.807, 2.05) is 62.3 Å². The third-order valence-corrected chi connectivity index (χ3v) is 5.20. The van der Waals surface area contributed by atoms with Crippen LogP contribution in [0.15, 0.2) is 54.7 Å². The fraction of sp³-hybridized carbons (Fsp3) is 0.167. The number of hydrogen-bond donors (Lipinski definition) is 1. The van der Waals surface area contributed by atoms with Gasteiger partial charge in [0, 0.05) is 30.7 Å². The van der Waals surface area contributed by atoms with Crippen molar-refractivity contribution in [2.45, 2.75) is 6.92 Å². The highest BCUT2D eigenvalue weighted by Crippen LogP contribution is 2.29. The molecule has 2 aromatic heterocycles. The normalized spacial score (nSPS) is 10.6. The third-order valence-electron chi connectivity index (χ3n) is 5.20. The lowest BCUT2D eigenvalue weighted by molar-refractivity contribution is 0.102. The van der Waals surface area contributed by atoms with Crippen molar-refractivity contribution in [3.8, 4) is 17.6 Å². The Bertz CT molecular complexity index is 1350. The minimum atomic E-state index is -0.344. The average molecular weight is 426 g/mol. The van der Waals surface area contributed by atoms with Gasteiger partial charge in [0.25, 0.3) is 5.91 Å². The maximum atomic E-state index is 12.9. The smallest absolute Gasteiger partial charge is 0.256 e. The summed E-state index contributed by atoms with van der Waals surface area (Å²) in [6.07, 6.45) is 1.41. The zero-order valence-electron chi connectivity index (χ0n) is 18.2. The molecule has 2 aromatic carbocycles. The van der Waals surface area contributed by atoms with Crippen LogP contribution in [0.5, 0.6) is 5.75 Å². The molecule has 1 amide bonds. The number of nitriles is 1. The molecule has 0 unspecified atom stereocenters. The lowest BCUT2D eigenvalue weighted by atomic mass is 10.1. The number of hydrogen-bond acceptors (Lipinski definition) is 6. The molecule has 0 bridgehead atoms. The number of pyridine rings is 1. The Morgan fingerprint density at radius 1 is 1.19 bits per heavy atom. The van der Waals surface area contributed by atoms with Gasteiger partial charge in [-0.3, -0.25) is 4.79 Å². The van der Waals surface area contributed by atoms with E-state index in [0.29, 0.717) is 22.6 Å². The van der Waals surface area contributed by atoms with Gasteiger partial charge in [-0.1, -0.05) is 12.1 Å². The van der Waals surface area contributed by atoms with Crippen LogP contribution in [0.1, 0.15) is 21.5 Å². The second-order valence-corrected chi connectivity index (χ2v) is 7.48. The van der Waals surface area contributed by atoms with E-state index in [2.05, 4.69) is 16.5 Å². The maximum absolute atomic E-state index is 12.9. The molecule has 2 heterocycles. The van der Waals surface area contributed by atoms with Crippen LogP contribution in [0, 0.1) is 18.3 Å². The van der Waals surface area contributed by atoms with Crippen molar-refractivity contribution < 1.29 is 9.53 Å². The molecule has 4 rings (SSSR count). The Labute approximate surface area is 185 Å². The molecule has 4 aromatic rings. The van der Waals surface area contributed by atoms with Crippen LogP contribution in [0.2, 0.25) is 0 Å². The highest BCUT2D eigenvalue weighted by molar-refractivity contribution is 6.04. The van der Waals surface area contributed by atoms with Crippen LogP contribution in [-0.4, -0.2) is 41.9 Å². The summed E-state index contributed by atoms with van der Waals surface area (Å²) in [5, 5.41) is 17.7.